The third kappa shape index (κ3) is 6.28. The number of hydrogen-bond donors (Lipinski definition) is 0. The topological polar surface area (TPSA) is 71.5 Å². The molecule has 2 aliphatic rings. The van der Waals surface area contributed by atoms with Gasteiger partial charge in [-0.05, 0) is 56.7 Å². The van der Waals surface area contributed by atoms with Gasteiger partial charge in [-0.25, -0.2) is 9.97 Å². The molecule has 1 fully saturated rings. The van der Waals surface area contributed by atoms with E-state index in [9.17, 15) is 4.79 Å². The third-order valence-corrected chi connectivity index (χ3v) is 6.25. The fraction of sp³-hybridized carbons (Fsp3) is 0.615. The zero-order chi connectivity index (χ0) is 23.4. The predicted octanol–water partition coefficient (Wildman–Crippen LogP) is 3.94. The van der Waals surface area contributed by atoms with E-state index in [1.807, 2.05) is 24.1 Å². The quantitative estimate of drug-likeness (QED) is 0.572. The number of pyridine rings is 1. The number of hydrogen-bond acceptors (Lipinski definition) is 7. The monoisotopic (exact) mass is 451 g/mol. The first-order valence-corrected chi connectivity index (χ1v) is 12.2. The Morgan fingerprint density at radius 2 is 1.94 bits per heavy atom. The number of nitrogens with zero attached hydrogens (tertiary/aromatic N) is 5. The fourth-order valence-corrected chi connectivity index (χ4v) is 4.75. The maximum absolute atomic E-state index is 12.6. The first-order chi connectivity index (χ1) is 15.8. The summed E-state index contributed by atoms with van der Waals surface area (Å²) >= 11 is 0. The SMILES string of the molecule is CN(CC(=O)CC(C)(C)C)c1nc(-c2cc(OCCN3CCCC3)ccn2)nc2c1CCC2. The molecule has 7 nitrogen and oxygen atoms in total. The highest BCUT2D eigenvalue weighted by atomic mass is 16.5. The van der Waals surface area contributed by atoms with Gasteiger partial charge in [-0.1, -0.05) is 20.8 Å². The van der Waals surface area contributed by atoms with Crippen LogP contribution in [0.5, 0.6) is 5.75 Å². The Kier molecular flexibility index (Phi) is 7.27. The number of likely N-dealkylation sites (N-methyl/N-ethyl adjacent to an activating group) is 1. The molecule has 1 aliphatic heterocycles. The smallest absolute Gasteiger partial charge is 0.180 e. The molecule has 7 heteroatoms. The highest BCUT2D eigenvalue weighted by Gasteiger charge is 2.24. The lowest BCUT2D eigenvalue weighted by atomic mass is 9.90. The van der Waals surface area contributed by atoms with E-state index in [1.165, 1.54) is 31.5 Å². The van der Waals surface area contributed by atoms with Crippen LogP contribution in [0.1, 0.15) is 57.7 Å². The predicted molar refractivity (Wildman–Crippen MR) is 131 cm³/mol. The van der Waals surface area contributed by atoms with Crippen molar-refractivity contribution in [3.63, 3.8) is 0 Å². The van der Waals surface area contributed by atoms with Gasteiger partial charge in [0.05, 0.1) is 6.54 Å². The Labute approximate surface area is 197 Å². The van der Waals surface area contributed by atoms with E-state index in [0.717, 1.165) is 43.1 Å². The van der Waals surface area contributed by atoms with Crippen molar-refractivity contribution < 1.29 is 9.53 Å². The van der Waals surface area contributed by atoms with Gasteiger partial charge >= 0.3 is 0 Å². The second kappa shape index (κ2) is 10.2. The fourth-order valence-electron chi connectivity index (χ4n) is 4.75. The molecule has 33 heavy (non-hydrogen) atoms. The number of rotatable bonds is 9. The van der Waals surface area contributed by atoms with Crippen molar-refractivity contribution in [2.24, 2.45) is 5.41 Å². The first kappa shape index (κ1) is 23.6. The Balaban J connectivity index is 1.50. The van der Waals surface area contributed by atoms with E-state index in [1.54, 1.807) is 6.20 Å². The van der Waals surface area contributed by atoms with Gasteiger partial charge < -0.3 is 9.64 Å². The van der Waals surface area contributed by atoms with Gasteiger partial charge in [0.15, 0.2) is 11.6 Å². The van der Waals surface area contributed by atoms with Crippen LogP contribution in [0.2, 0.25) is 0 Å². The van der Waals surface area contributed by atoms with E-state index >= 15 is 0 Å². The molecule has 0 bridgehead atoms. The van der Waals surface area contributed by atoms with Crippen molar-refractivity contribution in [3.8, 4) is 17.3 Å². The molecule has 2 aromatic rings. The minimum Gasteiger partial charge on any atom is -0.492 e. The number of aryl methyl sites for hydroxylation is 1. The molecule has 0 aromatic carbocycles. The molecule has 0 amide bonds. The second-order valence-electron chi connectivity index (χ2n) is 10.6. The molecule has 3 heterocycles. The van der Waals surface area contributed by atoms with Crippen molar-refractivity contribution >= 4 is 11.6 Å². The Bertz CT molecular complexity index is 979. The summed E-state index contributed by atoms with van der Waals surface area (Å²) in [7, 11) is 1.95. The normalized spacial score (nSPS) is 16.1. The summed E-state index contributed by atoms with van der Waals surface area (Å²) in [5.41, 5.74) is 2.93. The lowest BCUT2D eigenvalue weighted by Gasteiger charge is -2.23. The zero-order valence-corrected chi connectivity index (χ0v) is 20.6. The number of aromatic nitrogens is 3. The summed E-state index contributed by atoms with van der Waals surface area (Å²) in [5.74, 6) is 2.48. The standard InChI is InChI=1S/C26H37N5O2/c1-26(2,3)17-19(32)18-30(4)25-21-8-7-9-22(21)28-24(29-25)23-16-20(10-11-27-23)33-15-14-31-12-5-6-13-31/h10-11,16H,5-9,12-15,17-18H2,1-4H3. The molecule has 0 unspecified atom stereocenters. The zero-order valence-electron chi connectivity index (χ0n) is 20.6. The van der Waals surface area contributed by atoms with Crippen LogP contribution in [0, 0.1) is 5.41 Å². The maximum atomic E-state index is 12.6. The number of Topliss-reactive ketones (excluding diaryl/α,β-unsaturated/α-hetero) is 1. The van der Waals surface area contributed by atoms with Gasteiger partial charge in [0.2, 0.25) is 0 Å². The lowest BCUT2D eigenvalue weighted by molar-refractivity contribution is -0.119. The largest absolute Gasteiger partial charge is 0.492 e. The van der Waals surface area contributed by atoms with Crippen LogP contribution in [-0.2, 0) is 17.6 Å². The number of ketones is 1. The molecule has 4 rings (SSSR count). The number of ether oxygens (including phenoxy) is 1. The Morgan fingerprint density at radius 1 is 1.15 bits per heavy atom. The molecule has 0 atom stereocenters. The van der Waals surface area contributed by atoms with Crippen LogP contribution in [0.3, 0.4) is 0 Å². The molecule has 0 N–H and O–H groups in total. The average Bonchev–Trinajstić information content (AvgIpc) is 3.43. The summed E-state index contributed by atoms with van der Waals surface area (Å²) in [6.07, 6.45) is 7.84. The highest BCUT2D eigenvalue weighted by molar-refractivity contribution is 5.84. The lowest BCUT2D eigenvalue weighted by Crippen LogP contribution is -2.30. The molecular formula is C26H37N5O2. The Morgan fingerprint density at radius 3 is 2.70 bits per heavy atom. The van der Waals surface area contributed by atoms with Gasteiger partial charge in [0.1, 0.15) is 23.9 Å². The van der Waals surface area contributed by atoms with Crippen LogP contribution in [0.15, 0.2) is 18.3 Å². The molecule has 0 saturated carbocycles. The molecular weight excluding hydrogens is 414 g/mol. The minimum atomic E-state index is -0.0180. The number of fused-ring (bicyclic) bond motifs is 1. The summed E-state index contributed by atoms with van der Waals surface area (Å²) in [5, 5.41) is 0. The van der Waals surface area contributed by atoms with E-state index in [2.05, 4.69) is 30.7 Å². The number of anilines is 1. The number of carbonyl (C=O) groups is 1. The Hall–Kier alpha value is -2.54. The van der Waals surface area contributed by atoms with Crippen LogP contribution in [0.4, 0.5) is 5.82 Å². The van der Waals surface area contributed by atoms with E-state index in [-0.39, 0.29) is 11.2 Å². The first-order valence-electron chi connectivity index (χ1n) is 12.2. The van der Waals surface area contributed by atoms with Gasteiger partial charge in [-0.15, -0.1) is 0 Å². The second-order valence-corrected chi connectivity index (χ2v) is 10.6. The molecule has 1 saturated heterocycles. The number of carbonyl (C=O) groups excluding carboxylic acids is 1. The average molecular weight is 452 g/mol. The molecule has 0 spiro atoms. The summed E-state index contributed by atoms with van der Waals surface area (Å²) in [4.78, 5) is 31.3. The van der Waals surface area contributed by atoms with Gasteiger partial charge in [-0.2, -0.15) is 0 Å². The van der Waals surface area contributed by atoms with Crippen molar-refractivity contribution in [2.75, 3.05) is 44.7 Å². The van der Waals surface area contributed by atoms with Crippen LogP contribution in [0.25, 0.3) is 11.5 Å². The van der Waals surface area contributed by atoms with E-state index in [4.69, 9.17) is 14.7 Å². The van der Waals surface area contributed by atoms with Crippen molar-refractivity contribution in [2.45, 2.75) is 59.3 Å². The minimum absolute atomic E-state index is 0.0180. The van der Waals surface area contributed by atoms with E-state index in [0.29, 0.717) is 31.1 Å². The van der Waals surface area contributed by atoms with Crippen molar-refractivity contribution in [3.05, 3.63) is 29.6 Å². The van der Waals surface area contributed by atoms with Crippen LogP contribution < -0.4 is 9.64 Å². The molecule has 178 valence electrons. The summed E-state index contributed by atoms with van der Waals surface area (Å²) in [6, 6.07) is 3.81. The van der Waals surface area contributed by atoms with E-state index < -0.39 is 0 Å². The van der Waals surface area contributed by atoms with Gasteiger partial charge in [0, 0.05) is 43.5 Å². The maximum Gasteiger partial charge on any atom is 0.180 e. The molecule has 2 aromatic heterocycles. The van der Waals surface area contributed by atoms with Crippen LogP contribution in [-0.4, -0.2) is 65.5 Å². The third-order valence-electron chi connectivity index (χ3n) is 6.25. The van der Waals surface area contributed by atoms with Gasteiger partial charge in [0.25, 0.3) is 0 Å². The number of likely N-dealkylation sites (tertiary alicyclic amines) is 1. The van der Waals surface area contributed by atoms with Crippen molar-refractivity contribution in [1.82, 2.24) is 19.9 Å². The van der Waals surface area contributed by atoms with Crippen molar-refractivity contribution in [1.29, 1.82) is 0 Å². The molecule has 1 aliphatic carbocycles. The summed E-state index contributed by atoms with van der Waals surface area (Å²) in [6.45, 7) is 10.6. The summed E-state index contributed by atoms with van der Waals surface area (Å²) < 4.78 is 6.01. The van der Waals surface area contributed by atoms with Gasteiger partial charge in [-0.3, -0.25) is 14.7 Å². The molecule has 0 radical (unpaired) electrons. The highest BCUT2D eigenvalue weighted by Crippen LogP contribution is 2.31. The van der Waals surface area contributed by atoms with Crippen LogP contribution >= 0.6 is 0 Å².